The lowest BCUT2D eigenvalue weighted by atomic mass is 10.0. The molecule has 2 amide bonds. The molecule has 1 aliphatic carbocycles. The van der Waals surface area contributed by atoms with Gasteiger partial charge in [-0.1, -0.05) is 31.2 Å². The van der Waals surface area contributed by atoms with E-state index in [1.807, 2.05) is 29.6 Å². The first-order chi connectivity index (χ1) is 10.8. The zero-order valence-corrected chi connectivity index (χ0v) is 12.4. The van der Waals surface area contributed by atoms with Crippen LogP contribution in [0.25, 0.3) is 0 Å². The van der Waals surface area contributed by atoms with Crippen LogP contribution in [0.3, 0.4) is 0 Å². The Bertz CT molecular complexity index is 590. The summed E-state index contributed by atoms with van der Waals surface area (Å²) in [6.07, 6.45) is -5.13. The van der Waals surface area contributed by atoms with Gasteiger partial charge in [-0.2, -0.15) is 13.2 Å². The minimum absolute atomic E-state index is 0.165. The van der Waals surface area contributed by atoms with Crippen LogP contribution < -0.4 is 10.6 Å². The van der Waals surface area contributed by atoms with E-state index in [1.165, 1.54) is 0 Å². The van der Waals surface area contributed by atoms with E-state index < -0.39 is 31.3 Å². The lowest BCUT2D eigenvalue weighted by molar-refractivity contribution is -0.160. The van der Waals surface area contributed by atoms with E-state index >= 15 is 0 Å². The fourth-order valence-corrected chi connectivity index (χ4v) is 2.62. The average Bonchev–Trinajstić information content (AvgIpc) is 2.79. The third-order valence-electron chi connectivity index (χ3n) is 3.59. The van der Waals surface area contributed by atoms with Crippen molar-refractivity contribution >= 4 is 12.0 Å². The van der Waals surface area contributed by atoms with Crippen LogP contribution in [0, 0.1) is 0 Å². The number of rotatable bonds is 4. The predicted octanol–water partition coefficient (Wildman–Crippen LogP) is 2.64. The lowest BCUT2D eigenvalue weighted by Gasteiger charge is -2.15. The highest BCUT2D eigenvalue weighted by Crippen LogP contribution is 2.39. The number of alkyl carbamates (subject to hydrolysis) is 1. The van der Waals surface area contributed by atoms with E-state index in [1.54, 1.807) is 0 Å². The number of benzene rings is 1. The highest BCUT2D eigenvalue weighted by Gasteiger charge is 2.30. The summed E-state index contributed by atoms with van der Waals surface area (Å²) in [6, 6.07) is 7.57. The van der Waals surface area contributed by atoms with Gasteiger partial charge in [0.05, 0.1) is 6.04 Å². The zero-order valence-electron chi connectivity index (χ0n) is 12.4. The maximum absolute atomic E-state index is 11.9. The van der Waals surface area contributed by atoms with Crippen molar-refractivity contribution < 1.29 is 27.5 Å². The Hall–Kier alpha value is -2.25. The third-order valence-corrected chi connectivity index (χ3v) is 3.59. The number of alkyl halides is 3. The zero-order chi connectivity index (χ0) is 17.0. The van der Waals surface area contributed by atoms with Gasteiger partial charge >= 0.3 is 12.3 Å². The van der Waals surface area contributed by atoms with Crippen molar-refractivity contribution in [2.45, 2.75) is 31.5 Å². The molecule has 2 unspecified atom stereocenters. The molecule has 2 atom stereocenters. The van der Waals surface area contributed by atoms with Crippen molar-refractivity contribution in [3.05, 3.63) is 35.4 Å². The molecule has 0 aromatic heterocycles. The highest BCUT2D eigenvalue weighted by molar-refractivity contribution is 5.82. The monoisotopic (exact) mass is 330 g/mol. The van der Waals surface area contributed by atoms with Crippen molar-refractivity contribution in [3.8, 4) is 0 Å². The Morgan fingerprint density at radius 1 is 1.26 bits per heavy atom. The standard InChI is InChI=1S/C15H17F3N2O3/c1-9-6-12(11-5-3-2-4-10(9)11)20-13(21)7-19-14(22)23-8-15(16,17)18/h2-5,9,12H,6-8H2,1H3,(H,19,22)(H,20,21). The van der Waals surface area contributed by atoms with Crippen LogP contribution in [0.2, 0.25) is 0 Å². The molecule has 8 heteroatoms. The average molecular weight is 330 g/mol. The Morgan fingerprint density at radius 2 is 1.91 bits per heavy atom. The minimum atomic E-state index is -4.59. The first-order valence-corrected chi connectivity index (χ1v) is 7.12. The summed E-state index contributed by atoms with van der Waals surface area (Å²) in [4.78, 5) is 22.9. The van der Waals surface area contributed by atoms with Gasteiger partial charge in [-0.05, 0) is 23.5 Å². The molecule has 0 fully saturated rings. The molecular weight excluding hydrogens is 313 g/mol. The van der Waals surface area contributed by atoms with Crippen LogP contribution in [0.5, 0.6) is 0 Å². The van der Waals surface area contributed by atoms with Crippen LogP contribution in [0.4, 0.5) is 18.0 Å². The summed E-state index contributed by atoms with van der Waals surface area (Å²) in [5, 5.41) is 4.75. The molecule has 0 saturated heterocycles. The lowest BCUT2D eigenvalue weighted by Crippen LogP contribution is -2.39. The molecule has 0 heterocycles. The Kier molecular flexibility index (Phi) is 5.12. The summed E-state index contributed by atoms with van der Waals surface area (Å²) >= 11 is 0. The molecule has 2 N–H and O–H groups in total. The second kappa shape index (κ2) is 6.89. The molecular formula is C15H17F3N2O3. The van der Waals surface area contributed by atoms with Crippen LogP contribution in [0.15, 0.2) is 24.3 Å². The van der Waals surface area contributed by atoms with E-state index in [0.717, 1.165) is 17.5 Å². The molecule has 5 nitrogen and oxygen atoms in total. The molecule has 0 saturated carbocycles. The van der Waals surface area contributed by atoms with Crippen LogP contribution in [-0.2, 0) is 9.53 Å². The smallest absolute Gasteiger partial charge is 0.422 e. The molecule has 0 aliphatic heterocycles. The van der Waals surface area contributed by atoms with Gasteiger partial charge in [0.2, 0.25) is 5.91 Å². The number of ether oxygens (including phenoxy) is 1. The second-order valence-corrected chi connectivity index (χ2v) is 5.43. The van der Waals surface area contributed by atoms with Gasteiger partial charge in [0.25, 0.3) is 0 Å². The Morgan fingerprint density at radius 3 is 2.57 bits per heavy atom. The Balaban J connectivity index is 1.79. The van der Waals surface area contributed by atoms with E-state index in [2.05, 4.69) is 17.0 Å². The fourth-order valence-electron chi connectivity index (χ4n) is 2.62. The fraction of sp³-hybridized carbons (Fsp3) is 0.467. The molecule has 1 aliphatic rings. The molecule has 0 bridgehead atoms. The molecule has 1 aromatic rings. The highest BCUT2D eigenvalue weighted by atomic mass is 19.4. The molecule has 1 aromatic carbocycles. The number of nitrogens with one attached hydrogen (secondary N) is 2. The largest absolute Gasteiger partial charge is 0.440 e. The number of carbonyl (C=O) groups excluding carboxylic acids is 2. The first-order valence-electron chi connectivity index (χ1n) is 7.12. The molecule has 126 valence electrons. The third kappa shape index (κ3) is 4.87. The number of hydrogen-bond donors (Lipinski definition) is 2. The number of fused-ring (bicyclic) bond motifs is 1. The van der Waals surface area contributed by atoms with Gasteiger partial charge in [-0.3, -0.25) is 4.79 Å². The van der Waals surface area contributed by atoms with Gasteiger partial charge < -0.3 is 15.4 Å². The van der Waals surface area contributed by atoms with E-state index in [4.69, 9.17) is 0 Å². The van der Waals surface area contributed by atoms with Crippen molar-refractivity contribution in [2.75, 3.05) is 13.2 Å². The quantitative estimate of drug-likeness (QED) is 0.892. The van der Waals surface area contributed by atoms with Gasteiger partial charge in [0.1, 0.15) is 6.54 Å². The number of hydrogen-bond acceptors (Lipinski definition) is 3. The van der Waals surface area contributed by atoms with Crippen LogP contribution in [-0.4, -0.2) is 31.3 Å². The maximum atomic E-state index is 11.9. The van der Waals surface area contributed by atoms with E-state index in [9.17, 15) is 22.8 Å². The number of halogens is 3. The van der Waals surface area contributed by atoms with Gasteiger partial charge in [0.15, 0.2) is 6.61 Å². The van der Waals surface area contributed by atoms with Crippen LogP contribution >= 0.6 is 0 Å². The summed E-state index contributed by atoms with van der Waals surface area (Å²) in [6.45, 7) is -0.0740. The van der Waals surface area contributed by atoms with Gasteiger partial charge in [-0.25, -0.2) is 4.79 Å². The molecule has 2 rings (SSSR count). The molecule has 0 radical (unpaired) electrons. The van der Waals surface area contributed by atoms with Crippen LogP contribution in [0.1, 0.15) is 36.4 Å². The molecule has 23 heavy (non-hydrogen) atoms. The van der Waals surface area contributed by atoms with Crippen molar-refractivity contribution in [3.63, 3.8) is 0 Å². The van der Waals surface area contributed by atoms with Crippen molar-refractivity contribution in [1.82, 2.24) is 10.6 Å². The Labute approximate surface area is 131 Å². The molecule has 0 spiro atoms. The van der Waals surface area contributed by atoms with Crippen molar-refractivity contribution in [2.24, 2.45) is 0 Å². The maximum Gasteiger partial charge on any atom is 0.422 e. The normalized spacial score (nSPS) is 19.8. The topological polar surface area (TPSA) is 67.4 Å². The van der Waals surface area contributed by atoms with Gasteiger partial charge in [0, 0.05) is 0 Å². The second-order valence-electron chi connectivity index (χ2n) is 5.43. The van der Waals surface area contributed by atoms with E-state index in [0.29, 0.717) is 5.92 Å². The SMILES string of the molecule is CC1CC(NC(=O)CNC(=O)OCC(F)(F)F)c2ccccc21. The summed E-state index contributed by atoms with van der Waals surface area (Å²) in [7, 11) is 0. The number of carbonyl (C=O) groups is 2. The number of amides is 2. The van der Waals surface area contributed by atoms with Gasteiger partial charge in [-0.15, -0.1) is 0 Å². The summed E-state index contributed by atoms with van der Waals surface area (Å²) < 4.78 is 39.6. The minimum Gasteiger partial charge on any atom is -0.440 e. The van der Waals surface area contributed by atoms with E-state index in [-0.39, 0.29) is 6.04 Å². The summed E-state index contributed by atoms with van der Waals surface area (Å²) in [5.41, 5.74) is 2.18. The van der Waals surface area contributed by atoms with Crippen molar-refractivity contribution in [1.29, 1.82) is 0 Å². The predicted molar refractivity (Wildman–Crippen MR) is 75.8 cm³/mol. The summed E-state index contributed by atoms with van der Waals surface area (Å²) in [5.74, 6) is -0.177. The first kappa shape index (κ1) is 17.1.